The first-order chi connectivity index (χ1) is 20.6. The molecular formula is C33H39ClN6O3. The number of pyridine rings is 1. The molecule has 0 bridgehead atoms. The number of carbonyl (C=O) groups excluding carboxylic acids is 1. The minimum atomic E-state index is -0.542. The van der Waals surface area contributed by atoms with Crippen molar-refractivity contribution < 1.29 is 14.3 Å². The minimum Gasteiger partial charge on any atom is -0.462 e. The number of piperazine rings is 1. The number of aryl methyl sites for hydroxylation is 1. The standard InChI is InChI=1S/C33H39ClN6O3/c1-21-9-6-10-22-11-7-13-24(26(21)22)28-27(34)29-25(19-35-28)30(37-31(36-29)42-20-23-12-8-14-38(23)5)39-15-17-40(18-16-39)32(41)43-33(2,3)4/h6-7,9-11,13,19,23H,8,12,14-18,20H2,1-5H3/t23-/m0/s1. The Balaban J connectivity index is 1.38. The van der Waals surface area contributed by atoms with Gasteiger partial charge in [0.1, 0.15) is 23.5 Å². The van der Waals surface area contributed by atoms with Crippen LogP contribution in [0, 0.1) is 6.92 Å². The number of anilines is 1. The summed E-state index contributed by atoms with van der Waals surface area (Å²) in [7, 11) is 2.12. The summed E-state index contributed by atoms with van der Waals surface area (Å²) in [5, 5.41) is 3.47. The van der Waals surface area contributed by atoms with Crippen molar-refractivity contribution in [2.24, 2.45) is 0 Å². The molecule has 0 N–H and O–H groups in total. The van der Waals surface area contributed by atoms with E-state index in [9.17, 15) is 4.79 Å². The highest BCUT2D eigenvalue weighted by Gasteiger charge is 2.29. The van der Waals surface area contributed by atoms with E-state index in [4.69, 9.17) is 36.0 Å². The van der Waals surface area contributed by atoms with Crippen molar-refractivity contribution in [1.29, 1.82) is 0 Å². The summed E-state index contributed by atoms with van der Waals surface area (Å²) in [5.74, 6) is 0.707. The van der Waals surface area contributed by atoms with Gasteiger partial charge in [0.05, 0.1) is 16.1 Å². The molecule has 2 fully saturated rings. The average Bonchev–Trinajstić information content (AvgIpc) is 3.39. The van der Waals surface area contributed by atoms with Crippen LogP contribution in [0.5, 0.6) is 6.01 Å². The summed E-state index contributed by atoms with van der Waals surface area (Å²) < 4.78 is 11.8. The van der Waals surface area contributed by atoms with Gasteiger partial charge in [-0.1, -0.05) is 48.0 Å². The fraction of sp³-hybridized carbons (Fsp3) is 0.455. The maximum absolute atomic E-state index is 12.7. The third-order valence-electron chi connectivity index (χ3n) is 8.32. The van der Waals surface area contributed by atoms with Crippen LogP contribution in [-0.2, 0) is 4.74 Å². The molecule has 2 saturated heterocycles. The van der Waals surface area contributed by atoms with Crippen LogP contribution >= 0.6 is 11.6 Å². The van der Waals surface area contributed by atoms with Gasteiger partial charge in [-0.15, -0.1) is 0 Å². The fourth-order valence-electron chi connectivity index (χ4n) is 6.03. The van der Waals surface area contributed by atoms with E-state index in [2.05, 4.69) is 54.1 Å². The Kier molecular flexibility index (Phi) is 8.04. The number of likely N-dealkylation sites (N-methyl/N-ethyl adjacent to an activating group) is 1. The topological polar surface area (TPSA) is 83.9 Å². The third-order valence-corrected chi connectivity index (χ3v) is 8.68. The highest BCUT2D eigenvalue weighted by molar-refractivity contribution is 6.38. The Hall–Kier alpha value is -3.69. The lowest BCUT2D eigenvalue weighted by Gasteiger charge is -2.36. The van der Waals surface area contributed by atoms with E-state index in [1.807, 2.05) is 33.0 Å². The van der Waals surface area contributed by atoms with Gasteiger partial charge < -0.3 is 24.2 Å². The van der Waals surface area contributed by atoms with E-state index in [-0.39, 0.29) is 6.09 Å². The highest BCUT2D eigenvalue weighted by atomic mass is 35.5. The Morgan fingerprint density at radius 1 is 1.05 bits per heavy atom. The molecule has 2 aromatic carbocycles. The van der Waals surface area contributed by atoms with Crippen molar-refractivity contribution in [3.05, 3.63) is 53.2 Å². The number of hydrogen-bond donors (Lipinski definition) is 0. The number of rotatable bonds is 5. The number of ether oxygens (including phenoxy) is 2. The van der Waals surface area contributed by atoms with Crippen molar-refractivity contribution >= 4 is 45.2 Å². The molecule has 0 unspecified atom stereocenters. The summed E-state index contributed by atoms with van der Waals surface area (Å²) in [6, 6.07) is 13.1. The second kappa shape index (κ2) is 11.8. The van der Waals surface area contributed by atoms with E-state index in [1.165, 1.54) is 0 Å². The zero-order valence-corrected chi connectivity index (χ0v) is 26.3. The van der Waals surface area contributed by atoms with Crippen molar-refractivity contribution in [3.63, 3.8) is 0 Å². The number of fused-ring (bicyclic) bond motifs is 2. The normalized spacial score (nSPS) is 18.0. The molecule has 2 aliphatic heterocycles. The van der Waals surface area contributed by atoms with Crippen molar-refractivity contribution in [2.45, 2.75) is 52.2 Å². The predicted molar refractivity (Wildman–Crippen MR) is 171 cm³/mol. The van der Waals surface area contributed by atoms with Crippen molar-refractivity contribution in [2.75, 3.05) is 51.3 Å². The summed E-state index contributed by atoms with van der Waals surface area (Å²) >= 11 is 7.18. The van der Waals surface area contributed by atoms with Gasteiger partial charge in [-0.2, -0.15) is 9.97 Å². The molecule has 2 aliphatic rings. The Labute approximate surface area is 257 Å². The van der Waals surface area contributed by atoms with Gasteiger partial charge in [-0.05, 0) is 70.5 Å². The number of likely N-dealkylation sites (tertiary alicyclic amines) is 1. The molecule has 2 aromatic heterocycles. The molecule has 0 spiro atoms. The van der Waals surface area contributed by atoms with Gasteiger partial charge in [0.2, 0.25) is 0 Å². The number of benzene rings is 2. The lowest BCUT2D eigenvalue weighted by atomic mass is 9.97. The van der Waals surface area contributed by atoms with Crippen molar-refractivity contribution in [3.8, 4) is 17.3 Å². The number of halogens is 1. The summed E-state index contributed by atoms with van der Waals surface area (Å²) in [4.78, 5) is 33.5. The smallest absolute Gasteiger partial charge is 0.410 e. The van der Waals surface area contributed by atoms with Crippen LogP contribution in [-0.4, -0.2) is 88.9 Å². The molecule has 0 radical (unpaired) electrons. The van der Waals surface area contributed by atoms with Crippen LogP contribution in [0.15, 0.2) is 42.6 Å². The lowest BCUT2D eigenvalue weighted by molar-refractivity contribution is 0.0240. The largest absolute Gasteiger partial charge is 0.462 e. The number of amides is 1. The highest BCUT2D eigenvalue weighted by Crippen LogP contribution is 2.39. The number of carbonyl (C=O) groups is 1. The second-order valence-electron chi connectivity index (χ2n) is 12.5. The van der Waals surface area contributed by atoms with Crippen LogP contribution in [0.3, 0.4) is 0 Å². The molecule has 6 rings (SSSR count). The van der Waals surface area contributed by atoms with E-state index in [0.717, 1.165) is 46.7 Å². The Morgan fingerprint density at radius 2 is 1.79 bits per heavy atom. The molecule has 4 heterocycles. The molecule has 226 valence electrons. The molecular weight excluding hydrogens is 564 g/mol. The summed E-state index contributed by atoms with van der Waals surface area (Å²) in [6.07, 6.45) is 3.75. The predicted octanol–water partition coefficient (Wildman–Crippen LogP) is 6.34. The quantitative estimate of drug-likeness (QED) is 0.262. The molecule has 43 heavy (non-hydrogen) atoms. The first kappa shape index (κ1) is 29.4. The summed E-state index contributed by atoms with van der Waals surface area (Å²) in [5.41, 5.74) is 2.85. The Morgan fingerprint density at radius 3 is 2.49 bits per heavy atom. The monoisotopic (exact) mass is 602 g/mol. The van der Waals surface area contributed by atoms with Crippen LogP contribution in [0.2, 0.25) is 5.02 Å². The number of hydrogen-bond acceptors (Lipinski definition) is 8. The van der Waals surface area contributed by atoms with E-state index in [1.54, 1.807) is 4.90 Å². The van der Waals surface area contributed by atoms with E-state index in [0.29, 0.717) is 66.9 Å². The third kappa shape index (κ3) is 6.06. The molecule has 4 aromatic rings. The molecule has 10 heteroatoms. The number of aromatic nitrogens is 3. The zero-order valence-electron chi connectivity index (χ0n) is 25.6. The molecule has 0 aliphatic carbocycles. The average molecular weight is 603 g/mol. The Bertz CT molecular complexity index is 1660. The number of nitrogens with zero attached hydrogens (tertiary/aromatic N) is 6. The van der Waals surface area contributed by atoms with E-state index >= 15 is 0 Å². The molecule has 0 saturated carbocycles. The zero-order chi connectivity index (χ0) is 30.3. The maximum Gasteiger partial charge on any atom is 0.410 e. The molecule has 1 atom stereocenters. The van der Waals surface area contributed by atoms with Gasteiger partial charge in [0, 0.05) is 44.0 Å². The first-order valence-corrected chi connectivity index (χ1v) is 15.4. The van der Waals surface area contributed by atoms with Crippen LogP contribution in [0.25, 0.3) is 32.9 Å². The van der Waals surface area contributed by atoms with Crippen LogP contribution in [0.4, 0.5) is 10.6 Å². The van der Waals surface area contributed by atoms with Gasteiger partial charge in [0.25, 0.3) is 0 Å². The lowest BCUT2D eigenvalue weighted by Crippen LogP contribution is -2.50. The summed E-state index contributed by atoms with van der Waals surface area (Å²) in [6.45, 7) is 11.5. The van der Waals surface area contributed by atoms with Gasteiger partial charge in [0.15, 0.2) is 0 Å². The van der Waals surface area contributed by atoms with Crippen LogP contribution < -0.4 is 9.64 Å². The molecule has 1 amide bonds. The van der Waals surface area contributed by atoms with Gasteiger partial charge >= 0.3 is 12.1 Å². The van der Waals surface area contributed by atoms with Gasteiger partial charge in [-0.3, -0.25) is 4.98 Å². The minimum absolute atomic E-state index is 0.297. The first-order valence-electron chi connectivity index (χ1n) is 15.0. The SMILES string of the molecule is Cc1cccc2cccc(-c3ncc4c(N5CCN(C(=O)OC(C)(C)C)CC5)nc(OC[C@@H]5CCCN5C)nc4c3Cl)c12. The second-order valence-corrected chi connectivity index (χ2v) is 12.9. The van der Waals surface area contributed by atoms with Gasteiger partial charge in [-0.25, -0.2) is 4.79 Å². The van der Waals surface area contributed by atoms with E-state index < -0.39 is 5.60 Å². The van der Waals surface area contributed by atoms with Crippen molar-refractivity contribution in [1.82, 2.24) is 24.8 Å². The maximum atomic E-state index is 12.7. The molecule has 9 nitrogen and oxygen atoms in total. The fourth-order valence-corrected chi connectivity index (χ4v) is 6.32. The van der Waals surface area contributed by atoms with Crippen LogP contribution in [0.1, 0.15) is 39.2 Å².